The Balaban J connectivity index is 1.58. The van der Waals surface area contributed by atoms with Crippen LogP contribution in [0.1, 0.15) is 15.2 Å². The van der Waals surface area contributed by atoms with Gasteiger partial charge in [-0.2, -0.15) is 5.10 Å². The molecule has 9 nitrogen and oxygen atoms in total. The van der Waals surface area contributed by atoms with Crippen LogP contribution in [0.4, 0.5) is 5.69 Å². The highest BCUT2D eigenvalue weighted by Crippen LogP contribution is 2.34. The molecule has 29 heavy (non-hydrogen) atoms. The number of amides is 2. The van der Waals surface area contributed by atoms with Gasteiger partial charge in [-0.25, -0.2) is 5.43 Å². The van der Waals surface area contributed by atoms with E-state index in [1.54, 1.807) is 6.07 Å². The number of rotatable bonds is 6. The number of non-ortho nitro benzene ring substituents is 1. The minimum absolute atomic E-state index is 0.0561. The number of hydrogen-bond acceptors (Lipinski definition) is 7. The number of phenols is 1. The summed E-state index contributed by atoms with van der Waals surface area (Å²) in [7, 11) is 0. The van der Waals surface area contributed by atoms with Crippen LogP contribution >= 0.6 is 22.9 Å². The normalized spacial score (nSPS) is 10.9. The molecule has 0 fully saturated rings. The van der Waals surface area contributed by atoms with E-state index < -0.39 is 16.7 Å². The molecular formula is C18H13ClN4O5S. The van der Waals surface area contributed by atoms with Gasteiger partial charge in [-0.3, -0.25) is 19.7 Å². The first-order valence-electron chi connectivity index (χ1n) is 8.11. The lowest BCUT2D eigenvalue weighted by atomic mass is 10.2. The minimum atomic E-state index is -0.628. The molecule has 0 aliphatic rings. The molecule has 11 heteroatoms. The lowest BCUT2D eigenvalue weighted by Crippen LogP contribution is -2.34. The van der Waals surface area contributed by atoms with Crippen molar-refractivity contribution in [3.8, 4) is 5.75 Å². The Hall–Kier alpha value is -3.50. The van der Waals surface area contributed by atoms with Crippen molar-refractivity contribution in [3.05, 3.63) is 68.0 Å². The first-order valence-corrected chi connectivity index (χ1v) is 9.31. The molecule has 0 unspecified atom stereocenters. The monoisotopic (exact) mass is 432 g/mol. The van der Waals surface area contributed by atoms with E-state index in [-0.39, 0.29) is 23.5 Å². The van der Waals surface area contributed by atoms with Gasteiger partial charge in [-0.15, -0.1) is 11.3 Å². The number of phenolic OH excluding ortho intramolecular Hbond substituents is 1. The van der Waals surface area contributed by atoms with E-state index in [2.05, 4.69) is 15.8 Å². The third-order valence-electron chi connectivity index (χ3n) is 3.77. The average molecular weight is 433 g/mol. The van der Waals surface area contributed by atoms with Gasteiger partial charge in [0.05, 0.1) is 22.7 Å². The van der Waals surface area contributed by atoms with Crippen molar-refractivity contribution >= 4 is 56.7 Å². The number of hydrazone groups is 1. The molecule has 0 atom stereocenters. The highest BCUT2D eigenvalue weighted by atomic mass is 35.5. The smallest absolute Gasteiger partial charge is 0.270 e. The molecule has 2 aromatic carbocycles. The molecule has 3 N–H and O–H groups in total. The number of nitrogens with one attached hydrogen (secondary N) is 2. The maximum absolute atomic E-state index is 12.3. The van der Waals surface area contributed by atoms with Gasteiger partial charge >= 0.3 is 0 Å². The van der Waals surface area contributed by atoms with Crippen molar-refractivity contribution < 1.29 is 19.6 Å². The molecule has 0 saturated carbocycles. The molecule has 0 aliphatic carbocycles. The van der Waals surface area contributed by atoms with Crippen LogP contribution in [0, 0.1) is 10.1 Å². The van der Waals surface area contributed by atoms with Crippen LogP contribution < -0.4 is 10.7 Å². The van der Waals surface area contributed by atoms with Crippen molar-refractivity contribution in [1.29, 1.82) is 0 Å². The number of fused-ring (bicyclic) bond motifs is 1. The molecule has 148 valence electrons. The fourth-order valence-corrected chi connectivity index (χ4v) is 3.81. The number of hydrogen-bond donors (Lipinski definition) is 3. The van der Waals surface area contributed by atoms with E-state index in [1.807, 2.05) is 18.2 Å². The van der Waals surface area contributed by atoms with Crippen LogP contribution in [0.25, 0.3) is 10.1 Å². The van der Waals surface area contributed by atoms with Gasteiger partial charge in [-0.05, 0) is 12.1 Å². The summed E-state index contributed by atoms with van der Waals surface area (Å²) in [5.74, 6) is -1.36. The van der Waals surface area contributed by atoms with Gasteiger partial charge in [-0.1, -0.05) is 29.8 Å². The maximum atomic E-state index is 12.3. The van der Waals surface area contributed by atoms with Gasteiger partial charge in [0, 0.05) is 27.8 Å². The minimum Gasteiger partial charge on any atom is -0.507 e. The number of nitro benzene ring substituents is 1. The predicted octanol–water partition coefficient (Wildman–Crippen LogP) is 3.05. The molecule has 0 saturated heterocycles. The summed E-state index contributed by atoms with van der Waals surface area (Å²) >= 11 is 7.44. The van der Waals surface area contributed by atoms with Gasteiger partial charge in [0.1, 0.15) is 10.6 Å². The molecule has 0 bridgehead atoms. The van der Waals surface area contributed by atoms with Crippen molar-refractivity contribution in [2.24, 2.45) is 5.10 Å². The van der Waals surface area contributed by atoms with Crippen molar-refractivity contribution in [3.63, 3.8) is 0 Å². The Labute approximate surface area is 172 Å². The van der Waals surface area contributed by atoms with Crippen LogP contribution in [0.15, 0.2) is 47.6 Å². The lowest BCUT2D eigenvalue weighted by molar-refractivity contribution is -0.384. The number of carbonyl (C=O) groups excluding carboxylic acids is 2. The Morgan fingerprint density at radius 3 is 2.76 bits per heavy atom. The van der Waals surface area contributed by atoms with E-state index in [9.17, 15) is 24.8 Å². The number of carbonyl (C=O) groups is 2. The largest absolute Gasteiger partial charge is 0.507 e. The summed E-state index contributed by atoms with van der Waals surface area (Å²) in [5, 5.41) is 27.6. The van der Waals surface area contributed by atoms with Gasteiger partial charge in [0.25, 0.3) is 17.5 Å². The zero-order valence-corrected chi connectivity index (χ0v) is 16.2. The number of nitrogens with zero attached hydrogens (tertiary/aromatic N) is 2. The Morgan fingerprint density at radius 2 is 2.03 bits per heavy atom. The second-order valence-corrected chi connectivity index (χ2v) is 7.15. The van der Waals surface area contributed by atoms with E-state index in [4.69, 9.17) is 11.6 Å². The van der Waals surface area contributed by atoms with Crippen LogP contribution in [0.3, 0.4) is 0 Å². The highest BCUT2D eigenvalue weighted by Gasteiger charge is 2.17. The summed E-state index contributed by atoms with van der Waals surface area (Å²) in [6, 6.07) is 10.7. The van der Waals surface area contributed by atoms with E-state index in [0.717, 1.165) is 34.5 Å². The van der Waals surface area contributed by atoms with Crippen molar-refractivity contribution in [1.82, 2.24) is 10.7 Å². The maximum Gasteiger partial charge on any atom is 0.270 e. The molecule has 2 amide bonds. The molecule has 1 aromatic heterocycles. The zero-order valence-electron chi connectivity index (χ0n) is 14.6. The second kappa shape index (κ2) is 8.67. The van der Waals surface area contributed by atoms with Crippen molar-refractivity contribution in [2.75, 3.05) is 6.54 Å². The van der Waals surface area contributed by atoms with Crippen LogP contribution in [0.5, 0.6) is 5.75 Å². The first kappa shape index (κ1) is 20.2. The third kappa shape index (κ3) is 4.68. The van der Waals surface area contributed by atoms with Crippen LogP contribution in [-0.2, 0) is 4.79 Å². The number of thiophene rings is 1. The summed E-state index contributed by atoms with van der Waals surface area (Å²) in [4.78, 5) is 34.6. The summed E-state index contributed by atoms with van der Waals surface area (Å²) in [6.07, 6.45) is 1.06. The Bertz CT molecular complexity index is 1140. The zero-order chi connectivity index (χ0) is 21.0. The number of benzene rings is 2. The molecule has 3 rings (SSSR count). The Kier molecular flexibility index (Phi) is 6.05. The van der Waals surface area contributed by atoms with E-state index >= 15 is 0 Å². The molecule has 0 aliphatic heterocycles. The summed E-state index contributed by atoms with van der Waals surface area (Å²) in [6.45, 7) is -0.359. The van der Waals surface area contributed by atoms with Gasteiger partial charge < -0.3 is 10.4 Å². The fraction of sp³-hybridized carbons (Fsp3) is 0.0556. The van der Waals surface area contributed by atoms with Crippen LogP contribution in [0.2, 0.25) is 5.02 Å². The summed E-state index contributed by atoms with van der Waals surface area (Å²) < 4.78 is 0.855. The molecule has 1 heterocycles. The topological polar surface area (TPSA) is 134 Å². The van der Waals surface area contributed by atoms with Crippen LogP contribution in [-0.4, -0.2) is 34.6 Å². The SMILES string of the molecule is O=C(CNC(=O)c1sc2ccccc2c1Cl)NN=Cc1cc([N+](=O)[O-])ccc1O. The lowest BCUT2D eigenvalue weighted by Gasteiger charge is -2.03. The van der Waals surface area contributed by atoms with Crippen molar-refractivity contribution in [2.45, 2.75) is 0 Å². The molecule has 3 aromatic rings. The van der Waals surface area contributed by atoms with Gasteiger partial charge in [0.15, 0.2) is 0 Å². The summed E-state index contributed by atoms with van der Waals surface area (Å²) in [5.41, 5.74) is 1.98. The second-order valence-electron chi connectivity index (χ2n) is 5.72. The highest BCUT2D eigenvalue weighted by molar-refractivity contribution is 7.21. The Morgan fingerprint density at radius 1 is 1.28 bits per heavy atom. The van der Waals surface area contributed by atoms with Gasteiger partial charge in [0.2, 0.25) is 0 Å². The molecule has 0 radical (unpaired) electrons. The first-order chi connectivity index (χ1) is 13.9. The van der Waals surface area contributed by atoms with E-state index in [1.165, 1.54) is 11.3 Å². The fourth-order valence-electron chi connectivity index (χ4n) is 2.37. The molecule has 0 spiro atoms. The predicted molar refractivity (Wildman–Crippen MR) is 110 cm³/mol. The molecular weight excluding hydrogens is 420 g/mol. The number of aromatic hydroxyl groups is 1. The average Bonchev–Trinajstić information content (AvgIpc) is 3.04. The quantitative estimate of drug-likeness (QED) is 0.312. The van der Waals surface area contributed by atoms with E-state index in [0.29, 0.717) is 9.90 Å². The third-order valence-corrected chi connectivity index (χ3v) is 5.44. The standard InChI is InChI=1S/C18H13ClN4O5S/c19-16-12-3-1-2-4-14(12)29-17(16)18(26)20-9-15(25)22-21-8-10-7-11(23(27)28)5-6-13(10)24/h1-8,24H,9H2,(H,20,26)(H,22,25). The number of halogens is 1. The number of nitro groups is 1.